The lowest BCUT2D eigenvalue weighted by Crippen LogP contribution is -2.48. The first-order chi connectivity index (χ1) is 17.2. The van der Waals surface area contributed by atoms with Crippen molar-refractivity contribution in [3.63, 3.8) is 0 Å². The van der Waals surface area contributed by atoms with E-state index in [2.05, 4.69) is 80.8 Å². The minimum absolute atomic E-state index is 0.0465. The van der Waals surface area contributed by atoms with Crippen molar-refractivity contribution in [2.75, 3.05) is 39.3 Å². The van der Waals surface area contributed by atoms with Gasteiger partial charge in [0.2, 0.25) is 5.91 Å². The number of piperazine rings is 1. The molecule has 1 saturated heterocycles. The van der Waals surface area contributed by atoms with Crippen LogP contribution in [0.4, 0.5) is 0 Å². The second-order valence-electron chi connectivity index (χ2n) is 9.11. The molecular weight excluding hydrogens is 432 g/mol. The molecule has 2 heterocycles. The highest BCUT2D eigenvalue weighted by Gasteiger charge is 2.26. The highest BCUT2D eigenvalue weighted by molar-refractivity contribution is 5.91. The van der Waals surface area contributed by atoms with E-state index in [4.69, 9.17) is 0 Å². The van der Waals surface area contributed by atoms with Crippen LogP contribution < -0.4 is 5.32 Å². The summed E-state index contributed by atoms with van der Waals surface area (Å²) < 4.78 is 0. The molecule has 0 atom stereocenters. The van der Waals surface area contributed by atoms with Gasteiger partial charge in [0, 0.05) is 50.7 Å². The normalized spacial score (nSPS) is 15.0. The first-order valence-corrected chi connectivity index (χ1v) is 12.6. The van der Waals surface area contributed by atoms with E-state index >= 15 is 0 Å². The topological polar surface area (TPSA) is 48.5 Å². The van der Waals surface area contributed by atoms with Crippen molar-refractivity contribution in [3.05, 3.63) is 107 Å². The van der Waals surface area contributed by atoms with Crippen LogP contribution in [0.25, 0.3) is 6.08 Å². The van der Waals surface area contributed by atoms with Crippen LogP contribution in [0.2, 0.25) is 0 Å². The molecule has 0 radical (unpaired) electrons. The Kier molecular flexibility index (Phi) is 9.21. The summed E-state index contributed by atoms with van der Waals surface area (Å²) in [6, 6.07) is 25.8. The minimum Gasteiger partial charge on any atom is -0.353 e. The molecule has 35 heavy (non-hydrogen) atoms. The van der Waals surface area contributed by atoms with Gasteiger partial charge in [-0.1, -0.05) is 66.7 Å². The molecule has 2 aromatic carbocycles. The van der Waals surface area contributed by atoms with Crippen LogP contribution in [0.5, 0.6) is 0 Å². The van der Waals surface area contributed by atoms with Gasteiger partial charge in [-0.3, -0.25) is 14.7 Å². The Hall–Kier alpha value is -3.28. The molecule has 4 rings (SSSR count). The van der Waals surface area contributed by atoms with E-state index in [1.807, 2.05) is 25.1 Å². The summed E-state index contributed by atoms with van der Waals surface area (Å²) in [7, 11) is 0. The summed E-state index contributed by atoms with van der Waals surface area (Å²) >= 11 is 0. The Bertz CT molecular complexity index is 1040. The van der Waals surface area contributed by atoms with Crippen LogP contribution in [0.15, 0.2) is 85.1 Å². The van der Waals surface area contributed by atoms with E-state index in [9.17, 15) is 4.79 Å². The smallest absolute Gasteiger partial charge is 0.244 e. The van der Waals surface area contributed by atoms with Gasteiger partial charge in [-0.2, -0.15) is 0 Å². The molecule has 5 nitrogen and oxygen atoms in total. The van der Waals surface area contributed by atoms with Gasteiger partial charge in [0.25, 0.3) is 0 Å². The monoisotopic (exact) mass is 468 g/mol. The summed E-state index contributed by atoms with van der Waals surface area (Å²) in [4.78, 5) is 21.5. The van der Waals surface area contributed by atoms with Gasteiger partial charge < -0.3 is 10.2 Å². The maximum atomic E-state index is 12.1. The Balaban J connectivity index is 1.18. The van der Waals surface area contributed by atoms with Crippen LogP contribution >= 0.6 is 0 Å². The average Bonchev–Trinajstić information content (AvgIpc) is 2.90. The lowest BCUT2D eigenvalue weighted by atomic mass is 9.96. The zero-order valence-electron chi connectivity index (χ0n) is 20.6. The molecule has 0 spiro atoms. The molecule has 1 fully saturated rings. The fourth-order valence-electron chi connectivity index (χ4n) is 4.70. The van der Waals surface area contributed by atoms with Crippen LogP contribution in [0.3, 0.4) is 0 Å². The number of benzene rings is 2. The lowest BCUT2D eigenvalue weighted by molar-refractivity contribution is -0.116. The first kappa shape index (κ1) is 24.8. The molecule has 5 heteroatoms. The molecule has 0 aliphatic carbocycles. The third kappa shape index (κ3) is 7.35. The standard InChI is InChI=1S/C30H36N4O/c1-25-26(15-10-19-31-25)16-17-29(35)32-18-8-9-20-33-21-23-34(24-22-33)30(27-11-4-2-5-12-27)28-13-6-3-7-14-28/h2-7,10-17,19,30H,8-9,18,20-24H2,1H3,(H,32,35)/b17-16+. The lowest BCUT2D eigenvalue weighted by Gasteiger charge is -2.39. The molecule has 3 aromatic rings. The number of unbranched alkanes of at least 4 members (excludes halogenated alkanes) is 1. The van der Waals surface area contributed by atoms with Gasteiger partial charge in [0.05, 0.1) is 6.04 Å². The van der Waals surface area contributed by atoms with Crippen molar-refractivity contribution in [2.24, 2.45) is 0 Å². The summed E-state index contributed by atoms with van der Waals surface area (Å²) in [5.41, 5.74) is 4.62. The van der Waals surface area contributed by atoms with Crippen LogP contribution in [-0.4, -0.2) is 60.0 Å². The Morgan fingerprint density at radius 2 is 1.57 bits per heavy atom. The van der Waals surface area contributed by atoms with Gasteiger partial charge >= 0.3 is 0 Å². The summed E-state index contributed by atoms with van der Waals surface area (Å²) in [6.45, 7) is 8.01. The van der Waals surface area contributed by atoms with Crippen LogP contribution in [0, 0.1) is 6.92 Å². The second kappa shape index (κ2) is 13.0. The Morgan fingerprint density at radius 3 is 2.20 bits per heavy atom. The maximum Gasteiger partial charge on any atom is 0.244 e. The SMILES string of the molecule is Cc1ncccc1/C=C/C(=O)NCCCCN1CCN(C(c2ccccc2)c2ccccc2)CC1. The van der Waals surface area contributed by atoms with E-state index in [0.717, 1.165) is 56.8 Å². The molecule has 0 bridgehead atoms. The van der Waals surface area contributed by atoms with Gasteiger partial charge in [0.15, 0.2) is 0 Å². The number of nitrogens with one attached hydrogen (secondary N) is 1. The highest BCUT2D eigenvalue weighted by Crippen LogP contribution is 2.29. The number of amides is 1. The third-order valence-corrected chi connectivity index (χ3v) is 6.67. The fraction of sp³-hybridized carbons (Fsp3) is 0.333. The number of carbonyl (C=O) groups excluding carboxylic acids is 1. The summed E-state index contributed by atoms with van der Waals surface area (Å²) in [6.07, 6.45) is 7.26. The largest absolute Gasteiger partial charge is 0.353 e. The van der Waals surface area contributed by atoms with Crippen LogP contribution in [0.1, 0.15) is 41.3 Å². The molecule has 1 amide bonds. The first-order valence-electron chi connectivity index (χ1n) is 12.6. The molecule has 1 N–H and O–H groups in total. The highest BCUT2D eigenvalue weighted by atomic mass is 16.1. The zero-order valence-corrected chi connectivity index (χ0v) is 20.6. The number of carbonyl (C=O) groups is 1. The third-order valence-electron chi connectivity index (χ3n) is 6.67. The average molecular weight is 469 g/mol. The van der Waals surface area contributed by atoms with Gasteiger partial charge in [0.1, 0.15) is 0 Å². The molecule has 1 aromatic heterocycles. The van der Waals surface area contributed by atoms with Crippen LogP contribution in [-0.2, 0) is 4.79 Å². The molecule has 0 unspecified atom stereocenters. The van der Waals surface area contributed by atoms with Gasteiger partial charge in [-0.25, -0.2) is 0 Å². The van der Waals surface area contributed by atoms with Crippen molar-refractivity contribution in [2.45, 2.75) is 25.8 Å². The van der Waals surface area contributed by atoms with Crippen molar-refractivity contribution < 1.29 is 4.79 Å². The van der Waals surface area contributed by atoms with Gasteiger partial charge in [-0.15, -0.1) is 0 Å². The number of nitrogens with zero attached hydrogens (tertiary/aromatic N) is 3. The molecule has 0 saturated carbocycles. The summed E-state index contributed by atoms with van der Waals surface area (Å²) in [5, 5.41) is 3.00. The van der Waals surface area contributed by atoms with E-state index in [0.29, 0.717) is 12.6 Å². The van der Waals surface area contributed by atoms with E-state index in [1.165, 1.54) is 11.1 Å². The molecule has 1 aliphatic heterocycles. The summed E-state index contributed by atoms with van der Waals surface area (Å²) in [5.74, 6) is -0.0465. The van der Waals surface area contributed by atoms with E-state index in [-0.39, 0.29) is 5.91 Å². The van der Waals surface area contributed by atoms with Crippen molar-refractivity contribution in [1.29, 1.82) is 0 Å². The molecule has 1 aliphatic rings. The Morgan fingerprint density at radius 1 is 0.914 bits per heavy atom. The van der Waals surface area contributed by atoms with Crippen molar-refractivity contribution in [3.8, 4) is 0 Å². The van der Waals surface area contributed by atoms with Gasteiger partial charge in [-0.05, 0) is 55.1 Å². The molecular formula is C30H36N4O. The van der Waals surface area contributed by atoms with E-state index in [1.54, 1.807) is 12.3 Å². The second-order valence-corrected chi connectivity index (χ2v) is 9.11. The maximum absolute atomic E-state index is 12.1. The number of rotatable bonds is 10. The quantitative estimate of drug-likeness (QED) is 0.346. The fourth-order valence-corrected chi connectivity index (χ4v) is 4.70. The minimum atomic E-state index is -0.0465. The van der Waals surface area contributed by atoms with Crippen molar-refractivity contribution >= 4 is 12.0 Å². The predicted molar refractivity (Wildman–Crippen MR) is 143 cm³/mol. The number of aromatic nitrogens is 1. The number of hydrogen-bond donors (Lipinski definition) is 1. The number of hydrogen-bond acceptors (Lipinski definition) is 4. The Labute approximate surface area is 209 Å². The predicted octanol–water partition coefficient (Wildman–Crippen LogP) is 4.71. The van der Waals surface area contributed by atoms with E-state index < -0.39 is 0 Å². The van der Waals surface area contributed by atoms with Crippen molar-refractivity contribution in [1.82, 2.24) is 20.1 Å². The zero-order chi connectivity index (χ0) is 24.3. The molecule has 182 valence electrons. The number of aryl methyl sites for hydroxylation is 1. The number of pyridine rings is 1.